The van der Waals surface area contributed by atoms with E-state index in [-0.39, 0.29) is 0 Å². The topological polar surface area (TPSA) is 69.1 Å². The molecule has 16 heavy (non-hydrogen) atoms. The summed E-state index contributed by atoms with van der Waals surface area (Å²) >= 11 is 0. The minimum atomic E-state index is -2.74. The Morgan fingerprint density at radius 3 is 1.50 bits per heavy atom. The molecule has 0 amide bonds. The van der Waals surface area contributed by atoms with E-state index in [1.165, 1.54) is 51.4 Å². The van der Waals surface area contributed by atoms with Crippen LogP contribution in [0.4, 0.5) is 0 Å². The molecule has 0 aliphatic rings. The van der Waals surface area contributed by atoms with Crippen molar-refractivity contribution in [1.29, 1.82) is 0 Å². The molecule has 0 fully saturated rings. The third-order valence-corrected chi connectivity index (χ3v) is 3.88. The Morgan fingerprint density at radius 2 is 1.12 bits per heavy atom. The minimum Gasteiger partial charge on any atom is -0.290 e. The van der Waals surface area contributed by atoms with Crippen LogP contribution >= 0.6 is 7.44 Å². The van der Waals surface area contributed by atoms with Crippen LogP contribution in [0.3, 0.4) is 0 Å². The molecule has 0 radical (unpaired) electrons. The quantitative estimate of drug-likeness (QED) is 0.428. The van der Waals surface area contributed by atoms with E-state index in [0.717, 1.165) is 12.8 Å². The maximum atomic E-state index is 11.0. The van der Waals surface area contributed by atoms with Gasteiger partial charge < -0.3 is 0 Å². The highest BCUT2D eigenvalue weighted by Gasteiger charge is 2.06. The Bertz CT molecular complexity index is 191. The molecule has 4 N–H and O–H groups in total. The molecule has 0 rings (SSSR count). The maximum Gasteiger partial charge on any atom is 0.206 e. The monoisotopic (exact) mass is 248 g/mol. The van der Waals surface area contributed by atoms with Gasteiger partial charge in [-0.25, -0.2) is 0 Å². The van der Waals surface area contributed by atoms with E-state index >= 15 is 0 Å². The molecule has 0 spiro atoms. The lowest BCUT2D eigenvalue weighted by atomic mass is 10.1. The lowest BCUT2D eigenvalue weighted by Crippen LogP contribution is -2.08. The van der Waals surface area contributed by atoms with Gasteiger partial charge in [0.25, 0.3) is 0 Å². The lowest BCUT2D eigenvalue weighted by Gasteiger charge is -2.05. The van der Waals surface area contributed by atoms with Crippen LogP contribution < -0.4 is 11.0 Å². The second-order valence-corrected chi connectivity index (χ2v) is 6.92. The van der Waals surface area contributed by atoms with Gasteiger partial charge in [-0.05, 0) is 6.42 Å². The summed E-state index contributed by atoms with van der Waals surface area (Å²) in [5.41, 5.74) is 10.6. The summed E-state index contributed by atoms with van der Waals surface area (Å²) in [7, 11) is -2.74. The zero-order valence-electron chi connectivity index (χ0n) is 10.8. The van der Waals surface area contributed by atoms with E-state index in [2.05, 4.69) is 6.92 Å². The van der Waals surface area contributed by atoms with Gasteiger partial charge in [-0.2, -0.15) is 0 Å². The molecule has 0 aliphatic heterocycles. The highest BCUT2D eigenvalue weighted by molar-refractivity contribution is 7.58. The fraction of sp³-hybridized carbons (Fsp3) is 1.00. The SMILES string of the molecule is CCCCCCCCCCCCP(N)(N)=O. The van der Waals surface area contributed by atoms with E-state index in [1.54, 1.807) is 0 Å². The summed E-state index contributed by atoms with van der Waals surface area (Å²) in [4.78, 5) is 0. The fourth-order valence-electron chi connectivity index (χ4n) is 1.85. The standard InChI is InChI=1S/C12H29N2OP/c1-2-3-4-5-6-7-8-9-10-11-12-16(13,14)15/h2-12H2,1H3,(H4,13,14,15). The van der Waals surface area contributed by atoms with Crippen molar-refractivity contribution in [2.24, 2.45) is 11.0 Å². The lowest BCUT2D eigenvalue weighted by molar-refractivity contribution is 0.555. The normalized spacial score (nSPS) is 11.9. The first-order valence-corrected chi connectivity index (χ1v) is 8.75. The van der Waals surface area contributed by atoms with Gasteiger partial charge in [-0.3, -0.25) is 15.6 Å². The molecular weight excluding hydrogens is 219 g/mol. The van der Waals surface area contributed by atoms with Gasteiger partial charge in [-0.15, -0.1) is 0 Å². The second-order valence-electron chi connectivity index (χ2n) is 4.76. The average molecular weight is 248 g/mol. The van der Waals surface area contributed by atoms with Crippen LogP contribution in [0.5, 0.6) is 0 Å². The van der Waals surface area contributed by atoms with E-state index in [4.69, 9.17) is 11.0 Å². The summed E-state index contributed by atoms with van der Waals surface area (Å²) in [6, 6.07) is 0. The first-order chi connectivity index (χ1) is 7.56. The van der Waals surface area contributed by atoms with Crippen molar-refractivity contribution < 1.29 is 4.57 Å². The maximum absolute atomic E-state index is 11.0. The molecular formula is C12H29N2OP. The van der Waals surface area contributed by atoms with Gasteiger partial charge in [-0.1, -0.05) is 64.7 Å². The van der Waals surface area contributed by atoms with Gasteiger partial charge >= 0.3 is 0 Å². The average Bonchev–Trinajstić information content (AvgIpc) is 2.19. The highest BCUT2D eigenvalue weighted by Crippen LogP contribution is 2.26. The Morgan fingerprint density at radius 1 is 0.750 bits per heavy atom. The van der Waals surface area contributed by atoms with E-state index < -0.39 is 7.44 Å². The van der Waals surface area contributed by atoms with Crippen molar-refractivity contribution in [2.45, 2.75) is 71.1 Å². The van der Waals surface area contributed by atoms with Crippen molar-refractivity contribution in [2.75, 3.05) is 6.16 Å². The summed E-state index contributed by atoms with van der Waals surface area (Å²) < 4.78 is 11.0. The largest absolute Gasteiger partial charge is 0.290 e. The molecule has 0 unspecified atom stereocenters. The number of rotatable bonds is 11. The van der Waals surface area contributed by atoms with Crippen molar-refractivity contribution >= 4 is 7.44 Å². The smallest absolute Gasteiger partial charge is 0.206 e. The predicted molar refractivity (Wildman–Crippen MR) is 72.7 cm³/mol. The van der Waals surface area contributed by atoms with Crippen molar-refractivity contribution in [3.63, 3.8) is 0 Å². The molecule has 0 aliphatic carbocycles. The highest BCUT2D eigenvalue weighted by atomic mass is 31.2. The van der Waals surface area contributed by atoms with Gasteiger partial charge in [0.05, 0.1) is 0 Å². The minimum absolute atomic E-state index is 0.503. The Hall–Kier alpha value is 0.150. The molecule has 0 saturated heterocycles. The molecule has 0 heterocycles. The third-order valence-electron chi connectivity index (χ3n) is 2.86. The zero-order valence-corrected chi connectivity index (χ0v) is 11.7. The van der Waals surface area contributed by atoms with Gasteiger partial charge in [0, 0.05) is 6.16 Å². The molecule has 0 aromatic carbocycles. The number of unbranched alkanes of at least 4 members (excludes halogenated alkanes) is 9. The van der Waals surface area contributed by atoms with Crippen LogP contribution in [0.2, 0.25) is 0 Å². The first kappa shape index (κ1) is 16.1. The Kier molecular flexibility index (Phi) is 10.4. The molecule has 98 valence electrons. The van der Waals surface area contributed by atoms with Crippen LogP contribution in [-0.2, 0) is 4.57 Å². The van der Waals surface area contributed by atoms with Crippen LogP contribution in [0.1, 0.15) is 71.1 Å². The molecule has 4 heteroatoms. The molecule has 0 aromatic heterocycles. The molecule has 0 saturated carbocycles. The summed E-state index contributed by atoms with van der Waals surface area (Å²) in [5.74, 6) is 0. The molecule has 3 nitrogen and oxygen atoms in total. The molecule has 0 bridgehead atoms. The predicted octanol–water partition coefficient (Wildman–Crippen LogP) is 4.02. The summed E-state index contributed by atoms with van der Waals surface area (Å²) in [6.07, 6.45) is 13.2. The van der Waals surface area contributed by atoms with E-state index in [0.29, 0.717) is 6.16 Å². The molecule has 0 aromatic rings. The van der Waals surface area contributed by atoms with E-state index in [1.807, 2.05) is 0 Å². The number of hydrogen-bond donors (Lipinski definition) is 2. The van der Waals surface area contributed by atoms with Crippen LogP contribution in [-0.4, -0.2) is 6.16 Å². The molecule has 0 atom stereocenters. The zero-order chi connectivity index (χ0) is 12.3. The van der Waals surface area contributed by atoms with Crippen LogP contribution in [0.15, 0.2) is 0 Å². The Labute approximate surface area is 101 Å². The fourth-order valence-corrected chi connectivity index (χ4v) is 2.56. The van der Waals surface area contributed by atoms with Crippen molar-refractivity contribution in [3.8, 4) is 0 Å². The van der Waals surface area contributed by atoms with Crippen LogP contribution in [0.25, 0.3) is 0 Å². The third kappa shape index (κ3) is 14.1. The number of hydrogen-bond acceptors (Lipinski definition) is 1. The van der Waals surface area contributed by atoms with Gasteiger partial charge in [0.15, 0.2) is 0 Å². The van der Waals surface area contributed by atoms with Crippen molar-refractivity contribution in [3.05, 3.63) is 0 Å². The van der Waals surface area contributed by atoms with Crippen LogP contribution in [0, 0.1) is 0 Å². The second kappa shape index (κ2) is 10.3. The van der Waals surface area contributed by atoms with Crippen molar-refractivity contribution in [1.82, 2.24) is 0 Å². The van der Waals surface area contributed by atoms with Gasteiger partial charge in [0.2, 0.25) is 7.44 Å². The summed E-state index contributed by atoms with van der Waals surface area (Å²) in [5, 5.41) is 0. The van der Waals surface area contributed by atoms with E-state index in [9.17, 15) is 4.57 Å². The first-order valence-electron chi connectivity index (χ1n) is 6.72. The number of nitrogens with two attached hydrogens (primary N) is 2. The summed E-state index contributed by atoms with van der Waals surface area (Å²) in [6.45, 7) is 2.24. The Balaban J connectivity index is 3.02. The van der Waals surface area contributed by atoms with Gasteiger partial charge in [0.1, 0.15) is 0 Å².